The Morgan fingerprint density at radius 3 is 2.75 bits per heavy atom. The number of fused-ring (bicyclic) bond motifs is 1. The first-order valence-electron chi connectivity index (χ1n) is 5.86. The molecule has 0 aliphatic carbocycles. The SMILES string of the molecule is Cc1sc(C(=O)c2c[nH]c3ccccc23)nc1C(=O)Cl. The van der Waals surface area contributed by atoms with E-state index in [1.807, 2.05) is 24.3 Å². The molecule has 1 N–H and O–H groups in total. The number of hydrogen-bond donors (Lipinski definition) is 1. The molecule has 0 spiro atoms. The maximum absolute atomic E-state index is 12.5. The number of aromatic nitrogens is 2. The number of para-hydroxylation sites is 1. The highest BCUT2D eigenvalue weighted by Gasteiger charge is 2.21. The zero-order chi connectivity index (χ0) is 14.3. The third-order valence-electron chi connectivity index (χ3n) is 3.01. The topological polar surface area (TPSA) is 62.8 Å². The second-order valence-electron chi connectivity index (χ2n) is 4.27. The lowest BCUT2D eigenvalue weighted by Crippen LogP contribution is -2.01. The number of benzene rings is 1. The Morgan fingerprint density at radius 2 is 2.05 bits per heavy atom. The van der Waals surface area contributed by atoms with E-state index < -0.39 is 5.24 Å². The molecule has 0 unspecified atom stereocenters. The summed E-state index contributed by atoms with van der Waals surface area (Å²) in [6.07, 6.45) is 1.66. The number of thiazole rings is 1. The lowest BCUT2D eigenvalue weighted by Gasteiger charge is -1.94. The van der Waals surface area contributed by atoms with Crippen LogP contribution in [0.3, 0.4) is 0 Å². The number of H-pyrrole nitrogens is 1. The van der Waals surface area contributed by atoms with Crippen molar-refractivity contribution in [1.82, 2.24) is 9.97 Å². The molecule has 0 saturated heterocycles. The van der Waals surface area contributed by atoms with Crippen LogP contribution in [0.4, 0.5) is 0 Å². The Morgan fingerprint density at radius 1 is 1.30 bits per heavy atom. The van der Waals surface area contributed by atoms with Gasteiger partial charge in [0.25, 0.3) is 5.24 Å². The van der Waals surface area contributed by atoms with Crippen LogP contribution in [0.5, 0.6) is 0 Å². The van der Waals surface area contributed by atoms with E-state index in [0.29, 0.717) is 10.4 Å². The Bertz CT molecular complexity index is 835. The van der Waals surface area contributed by atoms with E-state index in [9.17, 15) is 9.59 Å². The van der Waals surface area contributed by atoms with Gasteiger partial charge in [0.15, 0.2) is 5.01 Å². The van der Waals surface area contributed by atoms with E-state index in [1.165, 1.54) is 11.3 Å². The number of nitrogens with one attached hydrogen (secondary N) is 1. The number of carbonyl (C=O) groups excluding carboxylic acids is 2. The Hall–Kier alpha value is -1.98. The van der Waals surface area contributed by atoms with Crippen molar-refractivity contribution < 1.29 is 9.59 Å². The number of ketones is 1. The molecule has 4 nitrogen and oxygen atoms in total. The fraction of sp³-hybridized carbons (Fsp3) is 0.0714. The van der Waals surface area contributed by atoms with Gasteiger partial charge in [-0.05, 0) is 24.6 Å². The second kappa shape index (κ2) is 4.85. The van der Waals surface area contributed by atoms with Gasteiger partial charge < -0.3 is 4.98 Å². The highest BCUT2D eigenvalue weighted by molar-refractivity contribution is 7.14. The van der Waals surface area contributed by atoms with E-state index in [4.69, 9.17) is 11.6 Å². The van der Waals surface area contributed by atoms with Gasteiger partial charge in [-0.3, -0.25) is 9.59 Å². The summed E-state index contributed by atoms with van der Waals surface area (Å²) >= 11 is 6.61. The van der Waals surface area contributed by atoms with Crippen LogP contribution in [-0.2, 0) is 0 Å². The minimum Gasteiger partial charge on any atom is -0.360 e. The lowest BCUT2D eigenvalue weighted by atomic mass is 10.1. The molecule has 3 aromatic rings. The molecule has 6 heteroatoms. The first-order valence-corrected chi connectivity index (χ1v) is 7.05. The summed E-state index contributed by atoms with van der Waals surface area (Å²) in [6.45, 7) is 1.72. The van der Waals surface area contributed by atoms with E-state index in [2.05, 4.69) is 9.97 Å². The maximum Gasteiger partial charge on any atom is 0.271 e. The first kappa shape index (κ1) is 13.0. The largest absolute Gasteiger partial charge is 0.360 e. The lowest BCUT2D eigenvalue weighted by molar-refractivity contribution is 0.104. The van der Waals surface area contributed by atoms with Gasteiger partial charge in [0, 0.05) is 22.0 Å². The average molecular weight is 305 g/mol. The zero-order valence-electron chi connectivity index (χ0n) is 10.4. The molecule has 0 aliphatic rings. The van der Waals surface area contributed by atoms with Gasteiger partial charge in [-0.2, -0.15) is 0 Å². The summed E-state index contributed by atoms with van der Waals surface area (Å²) in [4.78, 5) is 31.4. The van der Waals surface area contributed by atoms with Gasteiger partial charge in [-0.1, -0.05) is 18.2 Å². The molecule has 2 heterocycles. The fourth-order valence-corrected chi connectivity index (χ4v) is 3.16. The van der Waals surface area contributed by atoms with E-state index in [0.717, 1.165) is 10.9 Å². The predicted molar refractivity (Wildman–Crippen MR) is 78.8 cm³/mol. The average Bonchev–Trinajstić information content (AvgIpc) is 3.01. The van der Waals surface area contributed by atoms with Gasteiger partial charge in [0.05, 0.1) is 5.56 Å². The van der Waals surface area contributed by atoms with Gasteiger partial charge in [0.2, 0.25) is 5.78 Å². The molecule has 0 aliphatic heterocycles. The number of carbonyl (C=O) groups is 2. The summed E-state index contributed by atoms with van der Waals surface area (Å²) in [6, 6.07) is 7.53. The van der Waals surface area contributed by atoms with Crippen LogP contribution in [0.25, 0.3) is 10.9 Å². The molecule has 100 valence electrons. The minimum atomic E-state index is -0.642. The third-order valence-corrected chi connectivity index (χ3v) is 4.16. The van der Waals surface area contributed by atoms with Crippen LogP contribution in [0.15, 0.2) is 30.5 Å². The molecule has 0 saturated carbocycles. The van der Waals surface area contributed by atoms with E-state index in [-0.39, 0.29) is 16.5 Å². The van der Waals surface area contributed by atoms with Crippen LogP contribution in [0, 0.1) is 6.92 Å². The number of aryl methyl sites for hydroxylation is 1. The summed E-state index contributed by atoms with van der Waals surface area (Å²) in [5, 5.41) is 0.470. The molecule has 3 rings (SSSR count). The summed E-state index contributed by atoms with van der Waals surface area (Å²) in [7, 11) is 0. The minimum absolute atomic E-state index is 0.153. The number of aromatic amines is 1. The predicted octanol–water partition coefficient (Wildman–Crippen LogP) is 3.54. The molecule has 20 heavy (non-hydrogen) atoms. The summed E-state index contributed by atoms with van der Waals surface area (Å²) in [5.74, 6) is -0.209. The number of halogens is 1. The third kappa shape index (κ3) is 2.05. The standard InChI is InChI=1S/C14H9ClN2O2S/c1-7-11(13(15)19)17-14(20-7)12(18)9-6-16-10-5-3-2-4-8(9)10/h2-6,16H,1H3. The van der Waals surface area contributed by atoms with Crippen molar-refractivity contribution in [2.24, 2.45) is 0 Å². The van der Waals surface area contributed by atoms with Gasteiger partial charge >= 0.3 is 0 Å². The first-order chi connectivity index (χ1) is 9.58. The quantitative estimate of drug-likeness (QED) is 0.594. The number of hydrogen-bond acceptors (Lipinski definition) is 4. The van der Waals surface area contributed by atoms with Crippen LogP contribution in [-0.4, -0.2) is 21.0 Å². The Labute approximate surface area is 123 Å². The van der Waals surface area contributed by atoms with Crippen LogP contribution in [0.2, 0.25) is 0 Å². The maximum atomic E-state index is 12.5. The Balaban J connectivity index is 2.09. The van der Waals surface area contributed by atoms with Crippen molar-refractivity contribution in [3.05, 3.63) is 51.6 Å². The molecule has 2 aromatic heterocycles. The molecule has 0 atom stereocenters. The van der Waals surface area contributed by atoms with E-state index >= 15 is 0 Å². The molecule has 1 aromatic carbocycles. The van der Waals surface area contributed by atoms with Gasteiger partial charge in [0.1, 0.15) is 5.69 Å². The van der Waals surface area contributed by atoms with Crippen LogP contribution < -0.4 is 0 Å². The van der Waals surface area contributed by atoms with Gasteiger partial charge in [-0.25, -0.2) is 4.98 Å². The summed E-state index contributed by atoms with van der Waals surface area (Å²) in [5.41, 5.74) is 1.58. The van der Waals surface area contributed by atoms with Crippen molar-refractivity contribution >= 4 is 44.9 Å². The summed E-state index contributed by atoms with van der Waals surface area (Å²) < 4.78 is 0. The highest BCUT2D eigenvalue weighted by atomic mass is 35.5. The van der Waals surface area contributed by atoms with Crippen molar-refractivity contribution in [2.45, 2.75) is 6.92 Å². The number of nitrogens with zero attached hydrogens (tertiary/aromatic N) is 1. The van der Waals surface area contributed by atoms with Crippen molar-refractivity contribution in [3.63, 3.8) is 0 Å². The normalized spacial score (nSPS) is 10.9. The molecule has 0 fully saturated rings. The monoisotopic (exact) mass is 304 g/mol. The molecule has 0 amide bonds. The molecule has 0 bridgehead atoms. The van der Waals surface area contributed by atoms with Crippen molar-refractivity contribution in [1.29, 1.82) is 0 Å². The van der Waals surface area contributed by atoms with Crippen molar-refractivity contribution in [2.75, 3.05) is 0 Å². The van der Waals surface area contributed by atoms with Crippen LogP contribution in [0.1, 0.15) is 30.7 Å². The van der Waals surface area contributed by atoms with Crippen LogP contribution >= 0.6 is 22.9 Å². The Kier molecular flexibility index (Phi) is 3.16. The molecule has 0 radical (unpaired) electrons. The van der Waals surface area contributed by atoms with Gasteiger partial charge in [-0.15, -0.1) is 11.3 Å². The fourth-order valence-electron chi connectivity index (χ4n) is 2.05. The van der Waals surface area contributed by atoms with E-state index in [1.54, 1.807) is 13.1 Å². The molecular formula is C14H9ClN2O2S. The highest BCUT2D eigenvalue weighted by Crippen LogP contribution is 2.25. The smallest absolute Gasteiger partial charge is 0.271 e. The molecular weight excluding hydrogens is 296 g/mol. The second-order valence-corrected chi connectivity index (χ2v) is 5.82. The van der Waals surface area contributed by atoms with Crippen molar-refractivity contribution in [3.8, 4) is 0 Å². The zero-order valence-corrected chi connectivity index (χ0v) is 12.0. The number of rotatable bonds is 3.